The number of rotatable bonds is 20. The molecule has 5 rings (SSSR count). The van der Waals surface area contributed by atoms with E-state index in [0.717, 1.165) is 37.4 Å². The van der Waals surface area contributed by atoms with E-state index in [4.69, 9.17) is 18.6 Å². The molecule has 0 radical (unpaired) electrons. The van der Waals surface area contributed by atoms with Crippen molar-refractivity contribution in [3.8, 4) is 33.9 Å². The van der Waals surface area contributed by atoms with Crippen molar-refractivity contribution >= 4 is 51.9 Å². The average Bonchev–Trinajstić information content (AvgIpc) is 3.14. The minimum absolute atomic E-state index is 0.00247. The molecular formula is C41H41N4O12-3. The second-order valence-electron chi connectivity index (χ2n) is 13.3. The molecule has 0 aromatic heterocycles. The summed E-state index contributed by atoms with van der Waals surface area (Å²) in [6.45, 7) is -2.89. The third-order valence-corrected chi connectivity index (χ3v) is 8.77. The largest absolute Gasteiger partial charge is 0.548 e. The first-order valence-electron chi connectivity index (χ1n) is 17.8. The van der Waals surface area contributed by atoms with Crippen LogP contribution >= 0.6 is 0 Å². The van der Waals surface area contributed by atoms with E-state index in [-0.39, 0.29) is 49.3 Å². The van der Waals surface area contributed by atoms with E-state index in [0.29, 0.717) is 16.9 Å². The van der Waals surface area contributed by atoms with E-state index < -0.39 is 50.1 Å². The number of carboxylic acid groups (broad SMARTS) is 4. The quantitative estimate of drug-likeness (QED) is 0.0494. The molecule has 0 bridgehead atoms. The van der Waals surface area contributed by atoms with Crippen LogP contribution < -0.4 is 54.5 Å². The standard InChI is InChI=1S/C41H44N4O12/c1-42(2)27-10-12-29-34(20-27)57-35-21-28(43(3)4)11-13-30(35)41(29)26-9-14-32(45(24-39(50)51)25-40(52)53)36(19-26)56-18-16-54-15-17-55-33-8-6-5-7-31(33)44(22-37(46)47)23-38(48)49/h5-14,19-21H,15-18,22-25H2,1-4H3,(H3-,46,47,48,49,50,51,52,53)/p-3. The molecule has 3 aromatic rings. The molecule has 0 unspecified atom stereocenters. The van der Waals surface area contributed by atoms with Gasteiger partial charge in [-0.2, -0.15) is 0 Å². The zero-order valence-corrected chi connectivity index (χ0v) is 31.9. The van der Waals surface area contributed by atoms with E-state index in [1.165, 1.54) is 6.07 Å². The molecule has 0 atom stereocenters. The van der Waals surface area contributed by atoms with Crippen LogP contribution in [-0.2, 0) is 23.9 Å². The van der Waals surface area contributed by atoms with Crippen LogP contribution in [0.15, 0.2) is 83.3 Å². The number of fused-ring (bicyclic) bond motifs is 2. The average molecular weight is 782 g/mol. The maximum Gasteiger partial charge on any atom is 0.203 e. The highest BCUT2D eigenvalue weighted by Gasteiger charge is 2.22. The van der Waals surface area contributed by atoms with Crippen molar-refractivity contribution in [1.82, 2.24) is 4.58 Å². The smallest absolute Gasteiger partial charge is 0.203 e. The summed E-state index contributed by atoms with van der Waals surface area (Å²) in [5.41, 5.74) is 4.19. The Morgan fingerprint density at radius 2 is 1.23 bits per heavy atom. The maximum atomic E-state index is 11.7. The van der Waals surface area contributed by atoms with Crippen LogP contribution in [0.5, 0.6) is 11.5 Å². The lowest BCUT2D eigenvalue weighted by molar-refractivity contribution is -0.307. The van der Waals surface area contributed by atoms with Gasteiger partial charge in [0.05, 0.1) is 80.7 Å². The van der Waals surface area contributed by atoms with Crippen LogP contribution in [0.3, 0.4) is 0 Å². The minimum atomic E-state index is -1.51. The molecule has 1 heterocycles. The Balaban J connectivity index is 1.42. The van der Waals surface area contributed by atoms with Crippen LogP contribution in [0.1, 0.15) is 0 Å². The first-order chi connectivity index (χ1) is 27.2. The Morgan fingerprint density at radius 3 is 1.81 bits per heavy atom. The lowest BCUT2D eigenvalue weighted by Crippen LogP contribution is -2.44. The molecule has 3 aromatic carbocycles. The predicted octanol–water partition coefficient (Wildman–Crippen LogP) is -1.61. The van der Waals surface area contributed by atoms with Gasteiger partial charge in [0, 0.05) is 48.4 Å². The Bertz CT molecular complexity index is 2270. The normalized spacial score (nSPS) is 10.9. The third kappa shape index (κ3) is 10.7. The van der Waals surface area contributed by atoms with Crippen molar-refractivity contribution in [3.63, 3.8) is 0 Å². The van der Waals surface area contributed by atoms with Gasteiger partial charge in [0.15, 0.2) is 0 Å². The van der Waals surface area contributed by atoms with Crippen molar-refractivity contribution in [2.24, 2.45) is 0 Å². The first-order valence-corrected chi connectivity index (χ1v) is 17.8. The SMILES string of the molecule is CN(C)c1ccc2c(-c3ccc(N(CC(=O)[O-])CC(=O)[O-])c(OCCOCCOc4ccccc4N(CC(=O)[O-])CC(=O)[O-])c3)c3ccc(=[N+](C)C)cc-3oc2c1. The highest BCUT2D eigenvalue weighted by molar-refractivity contribution is 6.03. The van der Waals surface area contributed by atoms with Crippen LogP contribution in [0.2, 0.25) is 0 Å². The summed E-state index contributed by atoms with van der Waals surface area (Å²) >= 11 is 0. The van der Waals surface area contributed by atoms with Crippen LogP contribution in [0, 0.1) is 0 Å². The Morgan fingerprint density at radius 1 is 0.649 bits per heavy atom. The number of hydrogen-bond donors (Lipinski definition) is 0. The van der Waals surface area contributed by atoms with Gasteiger partial charge in [-0.1, -0.05) is 18.2 Å². The van der Waals surface area contributed by atoms with Gasteiger partial charge >= 0.3 is 0 Å². The fraction of sp³-hybridized carbons (Fsp3) is 0.293. The molecule has 0 fully saturated rings. The summed E-state index contributed by atoms with van der Waals surface area (Å²) in [5, 5.41) is 47.6. The summed E-state index contributed by atoms with van der Waals surface area (Å²) in [5.74, 6) is -4.98. The van der Waals surface area contributed by atoms with Crippen LogP contribution in [-0.4, -0.2) is 105 Å². The molecule has 1 aliphatic carbocycles. The van der Waals surface area contributed by atoms with Gasteiger partial charge in [0.2, 0.25) is 5.36 Å². The number of benzene rings is 4. The number of hydrogen-bond acceptors (Lipinski definition) is 15. The van der Waals surface area contributed by atoms with Gasteiger partial charge in [0.1, 0.15) is 50.2 Å². The van der Waals surface area contributed by atoms with Gasteiger partial charge in [-0.25, -0.2) is 4.58 Å². The number of carbonyl (C=O) groups excluding carboxylic acids is 4. The number of ether oxygens (including phenoxy) is 3. The van der Waals surface area contributed by atoms with Gasteiger partial charge in [-0.15, -0.1) is 0 Å². The van der Waals surface area contributed by atoms with E-state index in [1.54, 1.807) is 36.4 Å². The summed E-state index contributed by atoms with van der Waals surface area (Å²) in [6, 6.07) is 23.0. The molecule has 0 N–H and O–H groups in total. The number of carboxylic acids is 4. The molecule has 2 aliphatic rings. The molecule has 0 spiro atoms. The fourth-order valence-electron chi connectivity index (χ4n) is 6.22. The van der Waals surface area contributed by atoms with Crippen molar-refractivity contribution in [3.05, 3.63) is 84.2 Å². The number of nitrogens with zero attached hydrogens (tertiary/aromatic N) is 4. The third-order valence-electron chi connectivity index (χ3n) is 8.77. The second kappa shape index (κ2) is 18.7. The molecule has 300 valence electrons. The van der Waals surface area contributed by atoms with Crippen molar-refractivity contribution in [2.75, 3.05) is 95.5 Å². The van der Waals surface area contributed by atoms with Crippen molar-refractivity contribution in [1.29, 1.82) is 0 Å². The number of para-hydroxylation sites is 2. The molecular weight excluding hydrogens is 740 g/mol. The van der Waals surface area contributed by atoms with Gasteiger partial charge in [-0.05, 0) is 48.0 Å². The summed E-state index contributed by atoms with van der Waals surface area (Å²) < 4.78 is 26.0. The van der Waals surface area contributed by atoms with E-state index in [1.807, 2.05) is 74.1 Å². The predicted molar refractivity (Wildman–Crippen MR) is 202 cm³/mol. The zero-order chi connectivity index (χ0) is 41.2. The zero-order valence-electron chi connectivity index (χ0n) is 31.9. The molecule has 0 saturated carbocycles. The highest BCUT2D eigenvalue weighted by atomic mass is 16.5. The van der Waals surface area contributed by atoms with Crippen molar-refractivity contribution < 1.29 is 58.2 Å². The monoisotopic (exact) mass is 781 g/mol. The minimum Gasteiger partial charge on any atom is -0.548 e. The molecule has 57 heavy (non-hydrogen) atoms. The maximum absolute atomic E-state index is 11.7. The van der Waals surface area contributed by atoms with E-state index >= 15 is 0 Å². The van der Waals surface area contributed by atoms with Crippen LogP contribution in [0.4, 0.5) is 17.1 Å². The number of aliphatic carboxylic acids is 4. The Labute approximate surface area is 327 Å². The van der Waals surface area contributed by atoms with E-state index in [9.17, 15) is 39.6 Å². The van der Waals surface area contributed by atoms with Crippen molar-refractivity contribution in [2.45, 2.75) is 0 Å². The second-order valence-corrected chi connectivity index (χ2v) is 13.3. The summed E-state index contributed by atoms with van der Waals surface area (Å²) in [7, 11) is 7.70. The first kappa shape index (κ1) is 41.4. The fourth-order valence-corrected chi connectivity index (χ4v) is 6.22. The molecule has 16 nitrogen and oxygen atoms in total. The van der Waals surface area contributed by atoms with Gasteiger partial charge in [-0.3, -0.25) is 0 Å². The van der Waals surface area contributed by atoms with Gasteiger partial charge < -0.3 is 72.9 Å². The topological polar surface area (TPSA) is 214 Å². The highest BCUT2D eigenvalue weighted by Crippen LogP contribution is 2.43. The molecule has 0 amide bonds. The van der Waals surface area contributed by atoms with Crippen LogP contribution in [0.25, 0.3) is 33.4 Å². The lowest BCUT2D eigenvalue weighted by atomic mass is 9.93. The molecule has 1 aliphatic heterocycles. The summed E-state index contributed by atoms with van der Waals surface area (Å²) in [6.07, 6.45) is 0. The number of carbonyl (C=O) groups is 4. The summed E-state index contributed by atoms with van der Waals surface area (Å²) in [4.78, 5) is 50.0. The Hall–Kier alpha value is -6.81. The lowest BCUT2D eigenvalue weighted by Gasteiger charge is -2.28. The number of anilines is 3. The van der Waals surface area contributed by atoms with E-state index in [2.05, 4.69) is 0 Å². The molecule has 16 heteroatoms. The Kier molecular flexibility index (Phi) is 13.6. The molecule has 0 saturated heterocycles. The van der Waals surface area contributed by atoms with Gasteiger partial charge in [0.25, 0.3) is 0 Å².